The van der Waals surface area contributed by atoms with Crippen LogP contribution >= 0.6 is 22.9 Å². The number of hydrogen-bond donors (Lipinski definition) is 1. The van der Waals surface area contributed by atoms with Crippen LogP contribution in [0.15, 0.2) is 4.21 Å². The summed E-state index contributed by atoms with van der Waals surface area (Å²) < 4.78 is 27.7. The Hall–Kier alpha value is -0.170. The van der Waals surface area contributed by atoms with Crippen LogP contribution in [-0.4, -0.2) is 19.4 Å². The van der Waals surface area contributed by atoms with Crippen molar-refractivity contribution >= 4 is 33.0 Å². The Kier molecular flexibility index (Phi) is 4.31. The van der Waals surface area contributed by atoms with Gasteiger partial charge in [-0.2, -0.15) is 0 Å². The summed E-state index contributed by atoms with van der Waals surface area (Å²) in [6.07, 6.45) is 3.98. The molecule has 0 aliphatic heterocycles. The van der Waals surface area contributed by atoms with E-state index >= 15 is 0 Å². The van der Waals surface area contributed by atoms with Crippen LogP contribution in [0.3, 0.4) is 0 Å². The van der Waals surface area contributed by atoms with Gasteiger partial charge >= 0.3 is 0 Å². The number of sulfonamides is 1. The molecule has 0 saturated heterocycles. The summed E-state index contributed by atoms with van der Waals surface area (Å²) >= 11 is 6.76. The number of aryl methyl sites for hydroxylation is 1. The number of nitrogens with one attached hydrogen (secondary N) is 1. The third-order valence-electron chi connectivity index (χ3n) is 3.31. The van der Waals surface area contributed by atoms with Gasteiger partial charge in [-0.3, -0.25) is 0 Å². The van der Waals surface area contributed by atoms with Crippen LogP contribution in [-0.2, 0) is 10.0 Å². The second kappa shape index (κ2) is 5.45. The third-order valence-corrected chi connectivity index (χ3v) is 6.70. The monoisotopic (exact) mass is 308 g/mol. The summed E-state index contributed by atoms with van der Waals surface area (Å²) in [6, 6.07) is 0.0477. The van der Waals surface area contributed by atoms with E-state index in [1.165, 1.54) is 0 Å². The van der Waals surface area contributed by atoms with Gasteiger partial charge in [0.05, 0.1) is 5.69 Å². The molecule has 1 aliphatic carbocycles. The molecule has 0 aromatic carbocycles. The molecular formula is C11H17ClN2O2S2. The number of aromatic nitrogens is 1. The van der Waals surface area contributed by atoms with Crippen LogP contribution in [0.4, 0.5) is 0 Å². The average Bonchev–Trinajstić information content (AvgIpc) is 2.62. The predicted molar refractivity (Wildman–Crippen MR) is 73.6 cm³/mol. The Morgan fingerprint density at radius 3 is 2.44 bits per heavy atom. The zero-order valence-electron chi connectivity index (χ0n) is 10.4. The molecule has 2 rings (SSSR count). The largest absolute Gasteiger partial charge is 0.252 e. The Bertz CT molecular complexity index is 519. The SMILES string of the molecule is Cc1nc(Cl)sc1S(=O)(=O)NC1CCC(C)CC1. The van der Waals surface area contributed by atoms with Crippen molar-refractivity contribution in [2.45, 2.75) is 49.8 Å². The molecule has 1 heterocycles. The van der Waals surface area contributed by atoms with Gasteiger partial charge in [-0.05, 0) is 38.5 Å². The van der Waals surface area contributed by atoms with Gasteiger partial charge in [-0.1, -0.05) is 29.9 Å². The predicted octanol–water partition coefficient (Wildman–Crippen LogP) is 2.96. The smallest absolute Gasteiger partial charge is 0.229 e. The van der Waals surface area contributed by atoms with Crippen LogP contribution in [0.5, 0.6) is 0 Å². The van der Waals surface area contributed by atoms with Crippen molar-refractivity contribution in [1.82, 2.24) is 9.71 Å². The second-order valence-electron chi connectivity index (χ2n) is 4.92. The molecule has 0 bridgehead atoms. The molecule has 0 spiro atoms. The summed E-state index contributed by atoms with van der Waals surface area (Å²) in [5, 5.41) is 0. The molecule has 0 atom stereocenters. The number of hydrogen-bond acceptors (Lipinski definition) is 4. The molecule has 102 valence electrons. The van der Waals surface area contributed by atoms with Gasteiger partial charge in [0.2, 0.25) is 0 Å². The summed E-state index contributed by atoms with van der Waals surface area (Å²) in [5.41, 5.74) is 0.474. The van der Waals surface area contributed by atoms with Crippen molar-refractivity contribution in [3.63, 3.8) is 0 Å². The van der Waals surface area contributed by atoms with E-state index in [1.807, 2.05) is 0 Å². The molecule has 1 fully saturated rings. The highest BCUT2D eigenvalue weighted by Crippen LogP contribution is 2.29. The van der Waals surface area contributed by atoms with Gasteiger partial charge in [-0.25, -0.2) is 18.1 Å². The molecule has 18 heavy (non-hydrogen) atoms. The number of rotatable bonds is 3. The normalized spacial score (nSPS) is 25.3. The highest BCUT2D eigenvalue weighted by Gasteiger charge is 2.27. The quantitative estimate of drug-likeness (QED) is 0.934. The third kappa shape index (κ3) is 3.23. The maximum Gasteiger partial charge on any atom is 0.252 e. The highest BCUT2D eigenvalue weighted by atomic mass is 35.5. The van der Waals surface area contributed by atoms with Gasteiger partial charge in [-0.15, -0.1) is 0 Å². The van der Waals surface area contributed by atoms with Crippen LogP contribution in [0.25, 0.3) is 0 Å². The maximum atomic E-state index is 12.2. The molecule has 1 aromatic rings. The Morgan fingerprint density at radius 1 is 1.33 bits per heavy atom. The standard InChI is InChI=1S/C11H17ClN2O2S2/c1-7-3-5-9(6-4-7)14-18(15,16)10-8(2)13-11(12)17-10/h7,9,14H,3-6H2,1-2H3. The lowest BCUT2D eigenvalue weighted by Crippen LogP contribution is -2.37. The molecule has 0 radical (unpaired) electrons. The van der Waals surface area contributed by atoms with Crippen molar-refractivity contribution in [3.05, 3.63) is 10.2 Å². The summed E-state index contributed by atoms with van der Waals surface area (Å²) in [6.45, 7) is 3.87. The number of halogens is 1. The van der Waals surface area contributed by atoms with Crippen molar-refractivity contribution in [1.29, 1.82) is 0 Å². The van der Waals surface area contributed by atoms with E-state index in [1.54, 1.807) is 6.92 Å². The van der Waals surface area contributed by atoms with E-state index < -0.39 is 10.0 Å². The molecule has 1 N–H and O–H groups in total. The number of nitrogens with zero attached hydrogens (tertiary/aromatic N) is 1. The zero-order valence-corrected chi connectivity index (χ0v) is 12.8. The van der Waals surface area contributed by atoms with E-state index in [0.717, 1.165) is 37.0 Å². The summed E-state index contributed by atoms with van der Waals surface area (Å²) in [4.78, 5) is 3.95. The molecule has 0 unspecified atom stereocenters. The van der Waals surface area contributed by atoms with Crippen LogP contribution in [0, 0.1) is 12.8 Å². The van der Waals surface area contributed by atoms with E-state index in [0.29, 0.717) is 11.6 Å². The molecule has 7 heteroatoms. The average molecular weight is 309 g/mol. The molecule has 1 aromatic heterocycles. The molecule has 1 saturated carbocycles. The highest BCUT2D eigenvalue weighted by molar-refractivity contribution is 7.91. The minimum absolute atomic E-state index is 0.0477. The van der Waals surface area contributed by atoms with E-state index in [9.17, 15) is 8.42 Å². The molecule has 4 nitrogen and oxygen atoms in total. The minimum atomic E-state index is -3.47. The van der Waals surface area contributed by atoms with E-state index in [-0.39, 0.29) is 14.7 Å². The van der Waals surface area contributed by atoms with Crippen molar-refractivity contribution in [3.8, 4) is 0 Å². The molecule has 0 amide bonds. The zero-order chi connectivity index (χ0) is 13.3. The topological polar surface area (TPSA) is 59.1 Å². The van der Waals surface area contributed by atoms with Crippen LogP contribution < -0.4 is 4.72 Å². The first kappa shape index (κ1) is 14.2. The Labute approximate surface area is 117 Å². The second-order valence-corrected chi connectivity index (χ2v) is 8.41. The number of thiazole rings is 1. The first-order chi connectivity index (χ1) is 8.38. The lowest BCUT2D eigenvalue weighted by atomic mass is 9.88. The summed E-state index contributed by atoms with van der Waals surface area (Å²) in [5.74, 6) is 0.699. The lowest BCUT2D eigenvalue weighted by Gasteiger charge is -2.26. The van der Waals surface area contributed by atoms with Crippen molar-refractivity contribution in [2.24, 2.45) is 5.92 Å². The molecular weight excluding hydrogens is 292 g/mol. The lowest BCUT2D eigenvalue weighted by molar-refractivity contribution is 0.332. The fourth-order valence-electron chi connectivity index (χ4n) is 2.25. The summed E-state index contributed by atoms with van der Waals surface area (Å²) in [7, 11) is -3.47. The van der Waals surface area contributed by atoms with Crippen LogP contribution in [0.1, 0.15) is 38.3 Å². The first-order valence-corrected chi connectivity index (χ1v) is 8.71. The van der Waals surface area contributed by atoms with Crippen molar-refractivity contribution < 1.29 is 8.42 Å². The fourth-order valence-corrected chi connectivity index (χ4v) is 5.31. The van der Waals surface area contributed by atoms with Gasteiger partial charge < -0.3 is 0 Å². The van der Waals surface area contributed by atoms with E-state index in [4.69, 9.17) is 11.6 Å². The van der Waals surface area contributed by atoms with Crippen molar-refractivity contribution in [2.75, 3.05) is 0 Å². The Morgan fingerprint density at radius 2 is 1.94 bits per heavy atom. The van der Waals surface area contributed by atoms with Gasteiger partial charge in [0.1, 0.15) is 0 Å². The Balaban J connectivity index is 2.10. The fraction of sp³-hybridized carbons (Fsp3) is 0.727. The van der Waals surface area contributed by atoms with Gasteiger partial charge in [0.25, 0.3) is 10.0 Å². The van der Waals surface area contributed by atoms with E-state index in [2.05, 4.69) is 16.6 Å². The minimum Gasteiger partial charge on any atom is -0.229 e. The maximum absolute atomic E-state index is 12.2. The van der Waals surface area contributed by atoms with Gasteiger partial charge in [0.15, 0.2) is 8.68 Å². The van der Waals surface area contributed by atoms with Crippen LogP contribution in [0.2, 0.25) is 4.47 Å². The molecule has 1 aliphatic rings. The van der Waals surface area contributed by atoms with Gasteiger partial charge in [0, 0.05) is 6.04 Å². The first-order valence-electron chi connectivity index (χ1n) is 6.04.